The van der Waals surface area contributed by atoms with Crippen molar-refractivity contribution in [3.8, 4) is 0 Å². The SMILES string of the molecule is Cn1cccc1CCNS(=O)(=O)CCCCl. The summed E-state index contributed by atoms with van der Waals surface area (Å²) in [6.07, 6.45) is 3.13. The fraction of sp³-hybridized carbons (Fsp3) is 0.600. The number of hydrogen-bond donors (Lipinski definition) is 1. The summed E-state index contributed by atoms with van der Waals surface area (Å²) in [4.78, 5) is 0. The third-order valence-corrected chi connectivity index (χ3v) is 4.04. The highest BCUT2D eigenvalue weighted by atomic mass is 35.5. The van der Waals surface area contributed by atoms with E-state index in [-0.39, 0.29) is 5.75 Å². The predicted molar refractivity (Wildman–Crippen MR) is 66.2 cm³/mol. The zero-order chi connectivity index (χ0) is 12.0. The fourth-order valence-electron chi connectivity index (χ4n) is 1.41. The van der Waals surface area contributed by atoms with Crippen molar-refractivity contribution in [2.45, 2.75) is 12.8 Å². The molecular formula is C10H17ClN2O2S. The van der Waals surface area contributed by atoms with Crippen molar-refractivity contribution in [2.24, 2.45) is 7.05 Å². The molecule has 0 bridgehead atoms. The van der Waals surface area contributed by atoms with Gasteiger partial charge in [0.15, 0.2) is 0 Å². The van der Waals surface area contributed by atoms with Crippen molar-refractivity contribution >= 4 is 21.6 Å². The molecule has 0 aliphatic heterocycles. The lowest BCUT2D eigenvalue weighted by molar-refractivity contribution is 0.579. The summed E-state index contributed by atoms with van der Waals surface area (Å²) in [5.41, 5.74) is 1.11. The molecule has 0 unspecified atom stereocenters. The van der Waals surface area contributed by atoms with E-state index in [0.29, 0.717) is 25.3 Å². The van der Waals surface area contributed by atoms with E-state index in [1.54, 1.807) is 0 Å². The van der Waals surface area contributed by atoms with E-state index in [1.807, 2.05) is 29.9 Å². The summed E-state index contributed by atoms with van der Waals surface area (Å²) in [5.74, 6) is 0.475. The van der Waals surface area contributed by atoms with Crippen molar-refractivity contribution in [3.05, 3.63) is 24.0 Å². The van der Waals surface area contributed by atoms with Crippen LogP contribution in [-0.4, -0.2) is 31.2 Å². The number of hydrogen-bond acceptors (Lipinski definition) is 2. The van der Waals surface area contributed by atoms with Crippen molar-refractivity contribution < 1.29 is 8.42 Å². The molecule has 1 N–H and O–H groups in total. The quantitative estimate of drug-likeness (QED) is 0.751. The van der Waals surface area contributed by atoms with E-state index in [4.69, 9.17) is 11.6 Å². The molecule has 4 nitrogen and oxygen atoms in total. The molecular weight excluding hydrogens is 248 g/mol. The monoisotopic (exact) mass is 264 g/mol. The molecule has 0 spiro atoms. The largest absolute Gasteiger partial charge is 0.354 e. The maximum absolute atomic E-state index is 11.4. The molecule has 1 aromatic rings. The average molecular weight is 265 g/mol. The van der Waals surface area contributed by atoms with Gasteiger partial charge in [0.25, 0.3) is 0 Å². The number of aryl methyl sites for hydroxylation is 1. The van der Waals surface area contributed by atoms with Gasteiger partial charge in [0.1, 0.15) is 0 Å². The first-order chi connectivity index (χ1) is 7.55. The van der Waals surface area contributed by atoms with Crippen LogP contribution in [0.25, 0.3) is 0 Å². The first-order valence-corrected chi connectivity index (χ1v) is 7.37. The first kappa shape index (κ1) is 13.5. The molecule has 0 amide bonds. The van der Waals surface area contributed by atoms with Gasteiger partial charge in [0, 0.05) is 37.8 Å². The van der Waals surface area contributed by atoms with E-state index < -0.39 is 10.0 Å². The molecule has 0 saturated heterocycles. The molecule has 0 saturated carbocycles. The predicted octanol–water partition coefficient (Wildman–Crippen LogP) is 1.12. The van der Waals surface area contributed by atoms with Gasteiger partial charge < -0.3 is 4.57 Å². The number of halogens is 1. The summed E-state index contributed by atoms with van der Waals surface area (Å²) >= 11 is 5.45. The zero-order valence-electron chi connectivity index (χ0n) is 9.32. The van der Waals surface area contributed by atoms with Crippen LogP contribution < -0.4 is 4.72 Å². The third kappa shape index (κ3) is 4.55. The molecule has 0 aliphatic rings. The van der Waals surface area contributed by atoms with Gasteiger partial charge in [0.2, 0.25) is 10.0 Å². The number of alkyl halides is 1. The van der Waals surface area contributed by atoms with E-state index in [0.717, 1.165) is 5.69 Å². The van der Waals surface area contributed by atoms with Crippen molar-refractivity contribution in [1.82, 2.24) is 9.29 Å². The minimum atomic E-state index is -3.15. The van der Waals surface area contributed by atoms with Crippen LogP contribution in [0.3, 0.4) is 0 Å². The van der Waals surface area contributed by atoms with Gasteiger partial charge in [0.05, 0.1) is 5.75 Å². The minimum Gasteiger partial charge on any atom is -0.354 e. The molecule has 1 heterocycles. The van der Waals surface area contributed by atoms with Gasteiger partial charge in [-0.25, -0.2) is 13.1 Å². The Morgan fingerprint density at radius 2 is 2.25 bits per heavy atom. The average Bonchev–Trinajstić information content (AvgIpc) is 2.62. The second-order valence-electron chi connectivity index (χ2n) is 3.62. The van der Waals surface area contributed by atoms with Crippen LogP contribution in [0.15, 0.2) is 18.3 Å². The third-order valence-electron chi connectivity index (χ3n) is 2.30. The van der Waals surface area contributed by atoms with Crippen molar-refractivity contribution in [1.29, 1.82) is 0 Å². The summed E-state index contributed by atoms with van der Waals surface area (Å²) in [6, 6.07) is 3.92. The Labute approximate surface area is 102 Å². The molecule has 1 aromatic heterocycles. The van der Waals surface area contributed by atoms with E-state index in [2.05, 4.69) is 4.72 Å². The van der Waals surface area contributed by atoms with Crippen LogP contribution in [0, 0.1) is 0 Å². The number of sulfonamides is 1. The first-order valence-electron chi connectivity index (χ1n) is 5.18. The van der Waals surface area contributed by atoms with Crippen LogP contribution in [0.5, 0.6) is 0 Å². The Morgan fingerprint density at radius 1 is 1.50 bits per heavy atom. The summed E-state index contributed by atoms with van der Waals surface area (Å²) < 4.78 is 27.4. The van der Waals surface area contributed by atoms with Crippen LogP contribution >= 0.6 is 11.6 Å². The molecule has 0 radical (unpaired) electrons. The molecule has 0 aliphatic carbocycles. The number of nitrogens with one attached hydrogen (secondary N) is 1. The molecule has 0 fully saturated rings. The lowest BCUT2D eigenvalue weighted by atomic mass is 10.3. The number of aromatic nitrogens is 1. The second-order valence-corrected chi connectivity index (χ2v) is 5.92. The fourth-order valence-corrected chi connectivity index (χ4v) is 2.78. The van der Waals surface area contributed by atoms with E-state index in [9.17, 15) is 8.42 Å². The zero-order valence-corrected chi connectivity index (χ0v) is 10.9. The maximum Gasteiger partial charge on any atom is 0.211 e. The molecule has 92 valence electrons. The molecule has 0 aromatic carbocycles. The topological polar surface area (TPSA) is 51.1 Å². The summed E-state index contributed by atoms with van der Waals surface area (Å²) in [6.45, 7) is 0.433. The number of nitrogens with zero attached hydrogens (tertiary/aromatic N) is 1. The van der Waals surface area contributed by atoms with Crippen LogP contribution in [0.4, 0.5) is 0 Å². The van der Waals surface area contributed by atoms with Gasteiger partial charge in [-0.2, -0.15) is 0 Å². The van der Waals surface area contributed by atoms with Gasteiger partial charge in [-0.15, -0.1) is 11.6 Å². The van der Waals surface area contributed by atoms with Crippen LogP contribution in [-0.2, 0) is 23.5 Å². The highest BCUT2D eigenvalue weighted by Gasteiger charge is 2.08. The minimum absolute atomic E-state index is 0.101. The van der Waals surface area contributed by atoms with Crippen LogP contribution in [0.2, 0.25) is 0 Å². The molecule has 6 heteroatoms. The second kappa shape index (κ2) is 6.27. The van der Waals surface area contributed by atoms with E-state index >= 15 is 0 Å². The standard InChI is InChI=1S/C10H17ClN2O2S/c1-13-8-2-4-10(13)5-7-12-16(14,15)9-3-6-11/h2,4,8,12H,3,5-7,9H2,1H3. The van der Waals surface area contributed by atoms with Gasteiger partial charge in [-0.1, -0.05) is 0 Å². The lowest BCUT2D eigenvalue weighted by Gasteiger charge is -2.06. The lowest BCUT2D eigenvalue weighted by Crippen LogP contribution is -2.28. The van der Waals surface area contributed by atoms with Crippen molar-refractivity contribution in [3.63, 3.8) is 0 Å². The van der Waals surface area contributed by atoms with Crippen LogP contribution in [0.1, 0.15) is 12.1 Å². The summed E-state index contributed by atoms with van der Waals surface area (Å²) in [5, 5.41) is 0. The molecule has 0 atom stereocenters. The highest BCUT2D eigenvalue weighted by Crippen LogP contribution is 2.00. The Bertz CT molecular complexity index is 414. The Hall–Kier alpha value is -0.520. The Balaban J connectivity index is 2.33. The van der Waals surface area contributed by atoms with Gasteiger partial charge >= 0.3 is 0 Å². The summed E-state index contributed by atoms with van der Waals surface area (Å²) in [7, 11) is -1.21. The maximum atomic E-state index is 11.4. The smallest absolute Gasteiger partial charge is 0.211 e. The Kier molecular flexibility index (Phi) is 5.31. The molecule has 16 heavy (non-hydrogen) atoms. The Morgan fingerprint density at radius 3 is 2.81 bits per heavy atom. The number of rotatable bonds is 7. The van der Waals surface area contributed by atoms with Gasteiger partial charge in [-0.05, 0) is 18.6 Å². The van der Waals surface area contributed by atoms with E-state index in [1.165, 1.54) is 0 Å². The molecule has 1 rings (SSSR count). The normalized spacial score (nSPS) is 11.9. The van der Waals surface area contributed by atoms with Gasteiger partial charge in [-0.3, -0.25) is 0 Å². The van der Waals surface area contributed by atoms with Crippen molar-refractivity contribution in [2.75, 3.05) is 18.2 Å². The highest BCUT2D eigenvalue weighted by molar-refractivity contribution is 7.89.